The van der Waals surface area contributed by atoms with Crippen LogP contribution in [0, 0.1) is 0 Å². The molecule has 0 rings (SSSR count). The number of hydrogen-bond donors (Lipinski definition) is 0. The van der Waals surface area contributed by atoms with Crippen molar-refractivity contribution in [1.29, 1.82) is 0 Å². The summed E-state index contributed by atoms with van der Waals surface area (Å²) >= 11 is 4.90. The summed E-state index contributed by atoms with van der Waals surface area (Å²) in [6.45, 7) is 8.96. The van der Waals surface area contributed by atoms with Crippen molar-refractivity contribution in [2.75, 3.05) is 0 Å². The third kappa shape index (κ3) is 3.76. The van der Waals surface area contributed by atoms with Gasteiger partial charge in [0.15, 0.2) is 0 Å². The molecule has 0 saturated heterocycles. The third-order valence-electron chi connectivity index (χ3n) is 1.42. The van der Waals surface area contributed by atoms with Crippen LogP contribution in [0.4, 0.5) is 0 Å². The van der Waals surface area contributed by atoms with Crippen LogP contribution in [0.15, 0.2) is 0 Å². The largest absolute Gasteiger partial charge is 0.369 e. The Morgan fingerprint density at radius 2 is 1.30 bits per heavy atom. The van der Waals surface area contributed by atoms with E-state index in [2.05, 4.69) is 77.3 Å². The van der Waals surface area contributed by atoms with Crippen LogP contribution in [0.5, 0.6) is 0 Å². The lowest BCUT2D eigenvalue weighted by atomic mass is 10.1. The third-order valence-corrected chi connectivity index (χ3v) is 2.70. The van der Waals surface area contributed by atoms with Gasteiger partial charge in [0.2, 0.25) is 0 Å². The summed E-state index contributed by atoms with van der Waals surface area (Å²) < 4.78 is 0.607. The van der Waals surface area contributed by atoms with E-state index in [9.17, 15) is 0 Å². The molecule has 0 spiro atoms. The van der Waals surface area contributed by atoms with Crippen LogP contribution in [-0.4, -0.2) is 19.5 Å². The van der Waals surface area contributed by atoms with Crippen molar-refractivity contribution in [3.05, 3.63) is 0 Å². The maximum Gasteiger partial charge on any atom is 0.369 e. The zero-order valence-corrected chi connectivity index (χ0v) is 11.3. The summed E-state index contributed by atoms with van der Waals surface area (Å²) in [6, 6.07) is 1.30. The lowest BCUT2D eigenvalue weighted by molar-refractivity contribution is 0.318. The average Bonchev–Trinajstić information content (AvgIpc) is 1.59. The van der Waals surface area contributed by atoms with Crippen LogP contribution in [0.2, 0.25) is 0 Å². The molecule has 0 unspecified atom stereocenters. The molecule has 0 aromatic carbocycles. The van der Waals surface area contributed by atoms with Crippen molar-refractivity contribution in [3.8, 4) is 0 Å². The molecule has 10 heavy (non-hydrogen) atoms. The first kappa shape index (κ1) is 11.5. The van der Waals surface area contributed by atoms with Crippen LogP contribution in [0.25, 0.3) is 0 Å². The first-order valence-electron chi connectivity index (χ1n) is 3.52. The molecular weight excluding hydrogens is 351 g/mol. The van der Waals surface area contributed by atoms with Gasteiger partial charge in [-0.3, -0.25) is 0 Å². The minimum absolute atomic E-state index is 0.607. The number of hydrogen-bond acceptors (Lipinski definition) is 1. The second-order valence-corrected chi connectivity index (χ2v) is 7.66. The van der Waals surface area contributed by atoms with E-state index in [4.69, 9.17) is 0 Å². The van der Waals surface area contributed by atoms with Crippen LogP contribution in [0.3, 0.4) is 0 Å². The lowest BCUT2D eigenvalue weighted by Gasteiger charge is -2.30. The van der Waals surface area contributed by atoms with Crippen LogP contribution in [-0.2, 0) is 0 Å². The van der Waals surface area contributed by atoms with Gasteiger partial charge in [0.1, 0.15) is 0 Å². The van der Waals surface area contributed by atoms with Gasteiger partial charge in [-0.2, -0.15) is 0 Å². The summed E-state index contributed by atoms with van der Waals surface area (Å²) in [4.78, 5) is 2.47. The first-order chi connectivity index (χ1) is 4.46. The molecule has 0 bridgehead atoms. The molecule has 0 amide bonds. The second-order valence-electron chi connectivity index (χ2n) is 2.91. The van der Waals surface area contributed by atoms with Gasteiger partial charge in [-0.15, -0.1) is 44.7 Å². The zero-order valence-electron chi connectivity index (χ0n) is 6.94. The van der Waals surface area contributed by atoms with E-state index in [0.29, 0.717) is 14.6 Å². The Hall–Kier alpha value is 1.48. The van der Waals surface area contributed by atoms with Gasteiger partial charge in [0, 0.05) is 0 Å². The monoisotopic (exact) mass is 365 g/mol. The maximum absolute atomic E-state index is 2.47. The van der Waals surface area contributed by atoms with Gasteiger partial charge in [-0.1, -0.05) is 27.7 Å². The second kappa shape index (κ2) is 5.19. The minimum atomic E-state index is 0.607. The van der Waals surface area contributed by atoms with Crippen molar-refractivity contribution in [3.63, 3.8) is 0 Å². The average molecular weight is 365 g/mol. The Morgan fingerprint density at radius 1 is 1.00 bits per heavy atom. The quantitative estimate of drug-likeness (QED) is 0.550. The fraction of sp³-hybridized carbons (Fsp3) is 1.00. The molecule has 1 nitrogen and oxygen atoms in total. The van der Waals surface area contributed by atoms with Crippen molar-refractivity contribution >= 4 is 47.3 Å². The molecule has 0 aromatic rings. The summed E-state index contributed by atoms with van der Waals surface area (Å²) in [6.07, 6.45) is 0. The van der Waals surface area contributed by atoms with Crippen LogP contribution >= 0.6 is 44.7 Å². The van der Waals surface area contributed by atoms with Crippen LogP contribution < -0.4 is 0 Å². The zero-order chi connectivity index (χ0) is 8.31. The molecule has 0 aliphatic rings. The molecule has 0 aliphatic heterocycles. The predicted molar refractivity (Wildman–Crippen MR) is 65.9 cm³/mol. The topological polar surface area (TPSA) is 3.24 Å². The van der Waals surface area contributed by atoms with Crippen molar-refractivity contribution in [2.24, 2.45) is 0 Å². The standard InChI is InChI=1S/C6H14BI2N/c1-5(2)10(6(3)4)7(8)9/h5-6H,1-4H3. The van der Waals surface area contributed by atoms with E-state index >= 15 is 0 Å². The Bertz CT molecular complexity index is 76.7. The van der Waals surface area contributed by atoms with Gasteiger partial charge in [0.05, 0.1) is 0 Å². The molecule has 0 radical (unpaired) electrons. The highest BCUT2D eigenvalue weighted by Crippen LogP contribution is 2.17. The summed E-state index contributed by atoms with van der Waals surface area (Å²) in [5.41, 5.74) is 0. The molecule has 0 N–H and O–H groups in total. The highest BCUT2D eigenvalue weighted by atomic mass is 127. The summed E-state index contributed by atoms with van der Waals surface area (Å²) in [5.74, 6) is 0. The van der Waals surface area contributed by atoms with E-state index in [1.165, 1.54) is 0 Å². The number of halogens is 2. The maximum atomic E-state index is 2.47. The molecule has 0 fully saturated rings. The molecule has 0 aliphatic carbocycles. The Labute approximate surface area is 91.2 Å². The Kier molecular flexibility index (Phi) is 5.96. The molecule has 0 saturated carbocycles. The smallest absolute Gasteiger partial charge is 0.320 e. The van der Waals surface area contributed by atoms with Gasteiger partial charge < -0.3 is 4.81 Å². The van der Waals surface area contributed by atoms with Gasteiger partial charge in [0.25, 0.3) is 0 Å². The molecule has 60 valence electrons. The van der Waals surface area contributed by atoms with Crippen LogP contribution in [0.1, 0.15) is 27.7 Å². The molecular formula is C6H14BI2N. The molecule has 0 aromatic heterocycles. The molecule has 4 heteroatoms. The predicted octanol–water partition coefficient (Wildman–Crippen LogP) is 2.96. The normalized spacial score (nSPS) is 11.7. The number of nitrogens with zero attached hydrogens (tertiary/aromatic N) is 1. The highest BCUT2D eigenvalue weighted by molar-refractivity contribution is 14.3. The van der Waals surface area contributed by atoms with Gasteiger partial charge >= 0.3 is 2.56 Å². The van der Waals surface area contributed by atoms with Crippen molar-refractivity contribution in [2.45, 2.75) is 39.8 Å². The number of rotatable bonds is 3. The summed E-state index contributed by atoms with van der Waals surface area (Å²) in [7, 11) is 0. The van der Waals surface area contributed by atoms with Gasteiger partial charge in [-0.25, -0.2) is 0 Å². The molecule has 0 heterocycles. The lowest BCUT2D eigenvalue weighted by Crippen LogP contribution is -2.42. The SMILES string of the molecule is CC(C)N(B(I)I)C(C)C. The fourth-order valence-corrected chi connectivity index (χ4v) is 3.62. The van der Waals surface area contributed by atoms with Crippen molar-refractivity contribution < 1.29 is 0 Å². The van der Waals surface area contributed by atoms with E-state index < -0.39 is 0 Å². The first-order valence-corrected chi connectivity index (χ1v) is 6.01. The van der Waals surface area contributed by atoms with Crippen molar-refractivity contribution in [1.82, 2.24) is 4.81 Å². The summed E-state index contributed by atoms with van der Waals surface area (Å²) in [5, 5.41) is 0. The Morgan fingerprint density at radius 3 is 1.30 bits per heavy atom. The van der Waals surface area contributed by atoms with Gasteiger partial charge in [-0.05, 0) is 12.1 Å². The van der Waals surface area contributed by atoms with E-state index in [-0.39, 0.29) is 0 Å². The fourth-order valence-electron chi connectivity index (χ4n) is 1.05. The Balaban J connectivity index is 3.98. The molecule has 0 atom stereocenters. The van der Waals surface area contributed by atoms with E-state index in [0.717, 1.165) is 0 Å². The minimum Gasteiger partial charge on any atom is -0.320 e. The van der Waals surface area contributed by atoms with E-state index in [1.807, 2.05) is 0 Å². The highest BCUT2D eigenvalue weighted by Gasteiger charge is 2.21. The van der Waals surface area contributed by atoms with E-state index in [1.54, 1.807) is 0 Å².